The first-order valence-electron chi connectivity index (χ1n) is 6.95. The van der Waals surface area contributed by atoms with Crippen molar-refractivity contribution in [3.05, 3.63) is 42.1 Å². The number of nitrogens with zero attached hydrogens (tertiary/aromatic N) is 2. The molecule has 0 radical (unpaired) electrons. The van der Waals surface area contributed by atoms with Gasteiger partial charge in [-0.3, -0.25) is 14.7 Å². The first-order valence-corrected chi connectivity index (χ1v) is 6.95. The van der Waals surface area contributed by atoms with Crippen LogP contribution in [0.3, 0.4) is 0 Å². The second kappa shape index (κ2) is 5.21. The molecule has 0 spiro atoms. The minimum Gasteiger partial charge on any atom is -0.480 e. The highest BCUT2D eigenvalue weighted by Gasteiger charge is 2.36. The molecule has 2 atom stereocenters. The summed E-state index contributed by atoms with van der Waals surface area (Å²) in [6, 6.07) is 9.73. The van der Waals surface area contributed by atoms with Crippen LogP contribution >= 0.6 is 0 Å². The number of hydrogen-bond acceptors (Lipinski definition) is 3. The Morgan fingerprint density at radius 1 is 1.45 bits per heavy atom. The van der Waals surface area contributed by atoms with Crippen LogP contribution in [0.15, 0.2) is 36.5 Å². The highest BCUT2D eigenvalue weighted by molar-refractivity contribution is 5.79. The van der Waals surface area contributed by atoms with Crippen LogP contribution in [0.25, 0.3) is 10.9 Å². The van der Waals surface area contributed by atoms with Crippen LogP contribution < -0.4 is 0 Å². The maximum atomic E-state index is 11.4. The average Bonchev–Trinajstić information content (AvgIpc) is 2.79. The van der Waals surface area contributed by atoms with E-state index in [1.165, 1.54) is 0 Å². The van der Waals surface area contributed by atoms with Gasteiger partial charge in [-0.1, -0.05) is 19.1 Å². The largest absolute Gasteiger partial charge is 0.480 e. The van der Waals surface area contributed by atoms with Gasteiger partial charge in [0.2, 0.25) is 0 Å². The minimum absolute atomic E-state index is 0.217. The van der Waals surface area contributed by atoms with Crippen LogP contribution in [0, 0.1) is 5.92 Å². The van der Waals surface area contributed by atoms with Crippen LogP contribution in [-0.2, 0) is 11.3 Å². The molecule has 4 heteroatoms. The third-order valence-corrected chi connectivity index (χ3v) is 4.11. The number of carbonyl (C=O) groups is 1. The molecule has 3 rings (SSSR count). The van der Waals surface area contributed by atoms with Crippen molar-refractivity contribution in [3.63, 3.8) is 0 Å². The number of likely N-dealkylation sites (tertiary alicyclic amines) is 1. The maximum Gasteiger partial charge on any atom is 0.321 e. The first kappa shape index (κ1) is 13.1. The van der Waals surface area contributed by atoms with E-state index in [9.17, 15) is 9.90 Å². The van der Waals surface area contributed by atoms with Crippen molar-refractivity contribution in [2.24, 2.45) is 5.92 Å². The van der Waals surface area contributed by atoms with Gasteiger partial charge in [-0.15, -0.1) is 0 Å². The van der Waals surface area contributed by atoms with Crippen molar-refractivity contribution >= 4 is 16.9 Å². The molecular formula is C16H18N2O2. The molecule has 1 N–H and O–H groups in total. The molecule has 1 aliphatic rings. The molecule has 2 aromatic rings. The molecule has 1 fully saturated rings. The Balaban J connectivity index is 1.84. The highest BCUT2D eigenvalue weighted by Crippen LogP contribution is 2.26. The Kier molecular flexibility index (Phi) is 3.40. The summed E-state index contributed by atoms with van der Waals surface area (Å²) < 4.78 is 0. The highest BCUT2D eigenvalue weighted by atomic mass is 16.4. The molecule has 0 bridgehead atoms. The third kappa shape index (κ3) is 2.39. The number of carboxylic acid groups (broad SMARTS) is 1. The van der Waals surface area contributed by atoms with E-state index in [4.69, 9.17) is 0 Å². The Hall–Kier alpha value is -1.94. The summed E-state index contributed by atoms with van der Waals surface area (Å²) in [6.45, 7) is 3.55. The van der Waals surface area contributed by atoms with Gasteiger partial charge in [-0.05, 0) is 42.6 Å². The maximum absolute atomic E-state index is 11.4. The summed E-state index contributed by atoms with van der Waals surface area (Å²) in [5, 5.41) is 10.5. The number of benzene rings is 1. The molecule has 2 unspecified atom stereocenters. The van der Waals surface area contributed by atoms with Crippen molar-refractivity contribution in [1.82, 2.24) is 9.88 Å². The van der Waals surface area contributed by atoms with Crippen molar-refractivity contribution in [1.29, 1.82) is 0 Å². The lowest BCUT2D eigenvalue weighted by Gasteiger charge is -2.23. The molecule has 0 aliphatic carbocycles. The zero-order valence-corrected chi connectivity index (χ0v) is 11.5. The molecule has 4 nitrogen and oxygen atoms in total. The van der Waals surface area contributed by atoms with E-state index in [1.54, 1.807) is 6.20 Å². The summed E-state index contributed by atoms with van der Waals surface area (Å²) in [7, 11) is 0. The van der Waals surface area contributed by atoms with Crippen LogP contribution in [0.4, 0.5) is 0 Å². The van der Waals surface area contributed by atoms with Gasteiger partial charge in [0.25, 0.3) is 0 Å². The van der Waals surface area contributed by atoms with Crippen molar-refractivity contribution in [3.8, 4) is 0 Å². The van der Waals surface area contributed by atoms with E-state index >= 15 is 0 Å². The van der Waals surface area contributed by atoms with Gasteiger partial charge < -0.3 is 5.11 Å². The number of aliphatic carboxylic acids is 1. The minimum atomic E-state index is -0.711. The van der Waals surface area contributed by atoms with E-state index in [-0.39, 0.29) is 12.0 Å². The van der Waals surface area contributed by atoms with Crippen LogP contribution in [-0.4, -0.2) is 33.5 Å². The molecular weight excluding hydrogens is 252 g/mol. The summed E-state index contributed by atoms with van der Waals surface area (Å²) in [5.41, 5.74) is 2.12. The lowest BCUT2D eigenvalue weighted by atomic mass is 10.0. The van der Waals surface area contributed by atoms with E-state index < -0.39 is 5.97 Å². The SMILES string of the molecule is CC1CCN(Cc2ccc3ncccc3c2)C1C(=O)O. The number of pyridine rings is 1. The quantitative estimate of drug-likeness (QED) is 0.931. The van der Waals surface area contributed by atoms with Crippen molar-refractivity contribution in [2.75, 3.05) is 6.54 Å². The van der Waals surface area contributed by atoms with Gasteiger partial charge in [-0.25, -0.2) is 0 Å². The third-order valence-electron chi connectivity index (χ3n) is 4.11. The summed E-state index contributed by atoms with van der Waals surface area (Å²) in [6.07, 6.45) is 2.73. The average molecular weight is 270 g/mol. The van der Waals surface area contributed by atoms with Gasteiger partial charge in [0.1, 0.15) is 6.04 Å². The van der Waals surface area contributed by atoms with Crippen molar-refractivity contribution < 1.29 is 9.90 Å². The molecule has 104 valence electrons. The van der Waals surface area contributed by atoms with E-state index in [0.717, 1.165) is 29.4 Å². The Morgan fingerprint density at radius 2 is 2.30 bits per heavy atom. The van der Waals surface area contributed by atoms with Gasteiger partial charge in [0.05, 0.1) is 5.52 Å². The van der Waals surface area contributed by atoms with Gasteiger partial charge in [0.15, 0.2) is 0 Å². The summed E-state index contributed by atoms with van der Waals surface area (Å²) in [4.78, 5) is 17.7. The standard InChI is InChI=1S/C16H18N2O2/c1-11-6-8-18(15(11)16(19)20)10-12-4-5-14-13(9-12)3-2-7-17-14/h2-5,7,9,11,15H,6,8,10H2,1H3,(H,19,20). The lowest BCUT2D eigenvalue weighted by Crippen LogP contribution is -2.38. The number of aromatic nitrogens is 1. The zero-order valence-electron chi connectivity index (χ0n) is 11.5. The number of hydrogen-bond donors (Lipinski definition) is 1. The fourth-order valence-corrected chi connectivity index (χ4v) is 3.06. The van der Waals surface area contributed by atoms with Crippen molar-refractivity contribution in [2.45, 2.75) is 25.9 Å². The van der Waals surface area contributed by atoms with E-state index in [2.05, 4.69) is 16.0 Å². The van der Waals surface area contributed by atoms with Crippen LogP contribution in [0.1, 0.15) is 18.9 Å². The number of fused-ring (bicyclic) bond motifs is 1. The fourth-order valence-electron chi connectivity index (χ4n) is 3.06. The first-order chi connectivity index (χ1) is 9.65. The molecule has 0 saturated carbocycles. The van der Waals surface area contributed by atoms with E-state index in [1.807, 2.05) is 31.2 Å². The Morgan fingerprint density at radius 3 is 3.10 bits per heavy atom. The number of carboxylic acids is 1. The summed E-state index contributed by atoms with van der Waals surface area (Å²) in [5.74, 6) is -0.493. The van der Waals surface area contributed by atoms with Gasteiger partial charge in [0, 0.05) is 18.1 Å². The van der Waals surface area contributed by atoms with Crippen LogP contribution in [0.2, 0.25) is 0 Å². The molecule has 0 amide bonds. The molecule has 2 heterocycles. The molecule has 1 aromatic carbocycles. The van der Waals surface area contributed by atoms with Gasteiger partial charge >= 0.3 is 5.97 Å². The predicted molar refractivity (Wildman–Crippen MR) is 77.4 cm³/mol. The second-order valence-electron chi connectivity index (χ2n) is 5.55. The van der Waals surface area contributed by atoms with E-state index in [0.29, 0.717) is 6.54 Å². The fraction of sp³-hybridized carbons (Fsp3) is 0.375. The zero-order chi connectivity index (χ0) is 14.1. The molecule has 20 heavy (non-hydrogen) atoms. The smallest absolute Gasteiger partial charge is 0.321 e. The molecule has 1 aromatic heterocycles. The number of rotatable bonds is 3. The molecule has 1 aliphatic heterocycles. The summed E-state index contributed by atoms with van der Waals surface area (Å²) >= 11 is 0. The lowest BCUT2D eigenvalue weighted by molar-refractivity contribution is -0.143. The Bertz CT molecular complexity index is 641. The topological polar surface area (TPSA) is 53.4 Å². The predicted octanol–water partition coefficient (Wildman–Crippen LogP) is 2.53. The second-order valence-corrected chi connectivity index (χ2v) is 5.55. The monoisotopic (exact) mass is 270 g/mol. The normalized spacial score (nSPS) is 23.2. The molecule has 1 saturated heterocycles. The van der Waals surface area contributed by atoms with Crippen LogP contribution in [0.5, 0.6) is 0 Å². The van der Waals surface area contributed by atoms with Gasteiger partial charge in [-0.2, -0.15) is 0 Å². The Labute approximate surface area is 118 Å².